The van der Waals surface area contributed by atoms with Gasteiger partial charge in [-0.1, -0.05) is 36.4 Å². The summed E-state index contributed by atoms with van der Waals surface area (Å²) in [6.07, 6.45) is 13.0. The van der Waals surface area contributed by atoms with E-state index in [4.69, 9.17) is 24.5 Å². The molecule has 36 heteroatoms. The molecule has 0 radical (unpaired) electrons. The summed E-state index contributed by atoms with van der Waals surface area (Å²) in [5.41, 5.74) is 6.28. The van der Waals surface area contributed by atoms with Crippen molar-refractivity contribution in [2.45, 2.75) is 345 Å². The molecule has 2 amide bonds. The van der Waals surface area contributed by atoms with Gasteiger partial charge in [-0.15, -0.1) is 22.7 Å². The number of hydrogen-bond donors (Lipinski definition) is 7. The van der Waals surface area contributed by atoms with Crippen LogP contribution in [0.4, 0.5) is 9.59 Å². The minimum Gasteiger partial charge on any atom is -0.447 e. The minimum absolute atomic E-state index is 0.0623. The average Bonchev–Trinajstić information content (AvgIpc) is 1.63. The van der Waals surface area contributed by atoms with Crippen molar-refractivity contribution in [3.05, 3.63) is 130 Å². The number of Topliss-reactive ketones (excluding diaryl/α,β-unsaturated/α-hetero) is 3. The van der Waals surface area contributed by atoms with Crippen molar-refractivity contribution < 1.29 is 76.4 Å². The first-order valence-electron chi connectivity index (χ1n) is 40.5. The van der Waals surface area contributed by atoms with E-state index in [9.17, 15) is 57.6 Å². The first-order chi connectivity index (χ1) is 55.5. The number of nitrogens with zero attached hydrogens (tertiary/aromatic N) is 2. The molecule has 3 aliphatic rings. The van der Waals surface area contributed by atoms with Crippen LogP contribution in [0.25, 0.3) is 10.4 Å². The van der Waals surface area contributed by atoms with Crippen molar-refractivity contribution >= 4 is 153 Å². The van der Waals surface area contributed by atoms with Crippen LogP contribution in [0.15, 0.2) is 118 Å². The van der Waals surface area contributed by atoms with Crippen LogP contribution >= 0.6 is 70.5 Å². The largest absolute Gasteiger partial charge is 0.496 e. The van der Waals surface area contributed by atoms with Gasteiger partial charge in [0, 0.05) is 98.1 Å². The van der Waals surface area contributed by atoms with Crippen LogP contribution in [0.2, 0.25) is 0 Å². The predicted molar refractivity (Wildman–Crippen MR) is 493 cm³/mol. The number of ketones is 3. The molecule has 0 bridgehead atoms. The van der Waals surface area contributed by atoms with Crippen LogP contribution in [0.3, 0.4) is 0 Å². The molecule has 0 unspecified atom stereocenters. The quantitative estimate of drug-likeness (QED) is 0.0248. The highest BCUT2D eigenvalue weighted by Crippen LogP contribution is 2.42. The Balaban J connectivity index is 0.000000278. The number of nitrogens with one attached hydrogen (secondary N) is 6. The molecule has 0 atom stereocenters. The topological polar surface area (TPSA) is 383 Å². The highest BCUT2D eigenvalue weighted by molar-refractivity contribution is 9.11. The van der Waals surface area contributed by atoms with E-state index in [1.807, 2.05) is 107 Å². The maximum Gasteiger partial charge on any atom is 0.496 e. The third-order valence-electron chi connectivity index (χ3n) is 18.8. The Morgan fingerprint density at radius 3 is 1.16 bits per heavy atom. The zero-order valence-corrected chi connectivity index (χ0v) is 83.9. The van der Waals surface area contributed by atoms with Crippen LogP contribution in [0, 0.1) is 0 Å². The Kier molecular flexibility index (Phi) is 39.4. The van der Waals surface area contributed by atoms with E-state index in [-0.39, 0.29) is 79.3 Å². The van der Waals surface area contributed by atoms with Gasteiger partial charge in [0.1, 0.15) is 17.3 Å². The van der Waals surface area contributed by atoms with E-state index in [1.165, 1.54) is 37.1 Å². The molecule has 3 fully saturated rings. The minimum atomic E-state index is -3.82. The molecule has 1 saturated heterocycles. The van der Waals surface area contributed by atoms with Gasteiger partial charge in [-0.25, -0.2) is 72.1 Å². The second-order valence-electron chi connectivity index (χ2n) is 36.4. The number of rotatable bonds is 26. The number of ether oxygens (including phenoxy) is 2. The Labute approximate surface area is 753 Å². The fourth-order valence-corrected chi connectivity index (χ4v) is 23.6. The second kappa shape index (κ2) is 44.9. The maximum atomic E-state index is 13.4. The van der Waals surface area contributed by atoms with E-state index in [0.717, 1.165) is 87.3 Å². The summed E-state index contributed by atoms with van der Waals surface area (Å²) in [6, 6.07) is 21.1. The van der Waals surface area contributed by atoms with Crippen molar-refractivity contribution in [1.82, 2.24) is 39.5 Å². The first-order valence-corrected chi connectivity index (χ1v) is 50.5. The van der Waals surface area contributed by atoms with Gasteiger partial charge in [0.15, 0.2) is 0 Å². The summed E-state index contributed by atoms with van der Waals surface area (Å²) >= 11 is 13.2. The highest BCUT2D eigenvalue weighted by Gasteiger charge is 2.53. The van der Waals surface area contributed by atoms with Crippen LogP contribution < -0.4 is 40.7 Å². The molecule has 674 valence electrons. The molecule has 121 heavy (non-hydrogen) atoms. The molecule has 2 saturated carbocycles. The summed E-state index contributed by atoms with van der Waals surface area (Å²) in [5, 5.41) is 8.07. The highest BCUT2D eigenvalue weighted by atomic mass is 79.9. The lowest BCUT2D eigenvalue weighted by Crippen LogP contribution is -2.45. The van der Waals surface area contributed by atoms with Gasteiger partial charge in [-0.2, -0.15) is 0 Å². The Bertz CT molecular complexity index is 4990. The molecule has 26 nitrogen and oxygen atoms in total. The van der Waals surface area contributed by atoms with Gasteiger partial charge in [0.05, 0.1) is 67.9 Å². The molecule has 8 N–H and O–H groups in total. The summed E-state index contributed by atoms with van der Waals surface area (Å²) in [4.78, 5) is 67.9. The van der Waals surface area contributed by atoms with Crippen molar-refractivity contribution in [2.24, 2.45) is 5.73 Å². The number of hydrogen-bond acceptors (Lipinski definition) is 22. The van der Waals surface area contributed by atoms with E-state index in [1.54, 1.807) is 128 Å². The van der Waals surface area contributed by atoms with Crippen LogP contribution in [-0.2, 0) is 99.1 Å². The summed E-state index contributed by atoms with van der Waals surface area (Å²) in [5.74, 6) is 1.02. The monoisotopic (exact) mass is 1990 g/mol. The second-order valence-corrected chi connectivity index (χ2v) is 48.2. The molecule has 3 heterocycles. The number of alkyl carbamates (subject to hydrolysis) is 2. The zero-order valence-electron chi connectivity index (χ0n) is 74.2. The number of aromatic nitrogens is 2. The van der Waals surface area contributed by atoms with Crippen molar-refractivity contribution in [3.63, 3.8) is 0 Å². The third kappa shape index (κ3) is 36.2. The van der Waals surface area contributed by atoms with E-state index >= 15 is 0 Å². The van der Waals surface area contributed by atoms with Crippen molar-refractivity contribution in [2.75, 3.05) is 0 Å². The SMILES string of the molecule is CC(=O)CCc1ccc(-c2cnc(C3CCC(NC(=O)OC(C)C)CC3)s2)c(S(=O)(=O)NC(C)(C)C)c1.CC(=O)CCc1ccc(B2OC(C)(C)C(C)(C)O2)c(S(=O)(=O)NC(C)(C)C)c1.CC(=O)CCc1ccc(Br)c(S(=O)(=O)NC(C)(C)C)c1.CC(C)(C)NS(=O)(=O)c1cc(CN)ccc1Br.CC(C)OC(=O)NC1CCC(c2ncc(Br)s2)CC1. The Hall–Kier alpha value is -5.29. The number of sulfonamides is 4. The van der Waals surface area contributed by atoms with Gasteiger partial charge >= 0.3 is 19.3 Å². The third-order valence-corrected chi connectivity index (χ3v) is 30.8. The van der Waals surface area contributed by atoms with E-state index in [0.29, 0.717) is 71.0 Å². The lowest BCUT2D eigenvalue weighted by Gasteiger charge is -2.32. The summed E-state index contributed by atoms with van der Waals surface area (Å²) < 4.78 is 137. The van der Waals surface area contributed by atoms with Gasteiger partial charge in [-0.05, 0) is 336 Å². The molecule has 1 aliphatic heterocycles. The maximum absolute atomic E-state index is 13.4. The number of carbonyl (C=O) groups excluding carboxylic acids is 5. The Morgan fingerprint density at radius 2 is 0.802 bits per heavy atom. The standard InChI is InChI=1S/C27H39N3O5S2.C20H32BNO5S.C14H20BrNO3S.C13H19BrN2O2S.C11H17BrN2O2S/c1-17(2)35-26(32)29-21-12-10-20(11-13-21)25-28-16-23(36-25)22-14-9-19(8-7-18(3)31)15-24(22)37(33,34)30-27(4,5)6;1-14(23)9-10-15-11-12-16(21-26-19(5,6)20(7,8)27-21)17(13-15)28(24,25)22-18(2,3)4;1-10(17)5-6-11-7-8-12(15)13(9-11)20(18,19)16-14(2,3)4;1-8(2)18-13(17)16-10-5-3-9(4-6-10)12-15-7-11(14)19-12;1-11(2,3)14-17(15,16)10-6-8(7-13)4-5-9(10)12/h9,14-17,20-21,30H,7-8,10-13H2,1-6H3,(H,29,32);11-13,22H,9-10H2,1-8H3;7-9,16H,5-6H2,1-4H3;7-10H,3-6H2,1-2H3,(H,16,17);4-6,14H,7,13H2,1-3H3. The molecule has 4 aromatic carbocycles. The summed E-state index contributed by atoms with van der Waals surface area (Å²) in [6.45, 7) is 41.5. The van der Waals surface area contributed by atoms with Crippen molar-refractivity contribution in [1.29, 1.82) is 0 Å². The number of amides is 2. The molecule has 2 aromatic heterocycles. The van der Waals surface area contributed by atoms with E-state index < -0.39 is 80.6 Å². The fourth-order valence-electron chi connectivity index (χ4n) is 12.7. The van der Waals surface area contributed by atoms with Crippen LogP contribution in [0.1, 0.15) is 274 Å². The molecular formula is C85H127BBr3N9O17S6. The number of thiazole rings is 2. The smallest absolute Gasteiger partial charge is 0.447 e. The Morgan fingerprint density at radius 1 is 0.479 bits per heavy atom. The molecular weight excluding hydrogens is 1860 g/mol. The van der Waals surface area contributed by atoms with Gasteiger partial charge in [0.25, 0.3) is 0 Å². The number of carbonyl (C=O) groups is 5. The number of aryl methyl sites for hydroxylation is 3. The fraction of sp³-hybridized carbons (Fsp3) is 0.588. The van der Waals surface area contributed by atoms with Crippen LogP contribution in [0.5, 0.6) is 0 Å². The molecule has 2 aliphatic carbocycles. The lowest BCUT2D eigenvalue weighted by molar-refractivity contribution is -0.117. The first kappa shape index (κ1) is 106. The number of benzene rings is 4. The molecule has 0 spiro atoms. The molecule has 6 aromatic rings. The lowest BCUT2D eigenvalue weighted by atomic mass is 9.78. The van der Waals surface area contributed by atoms with E-state index in [2.05, 4.69) is 87.3 Å². The van der Waals surface area contributed by atoms with Gasteiger partial charge in [0.2, 0.25) is 40.1 Å². The average molecular weight is 1990 g/mol. The number of halogens is 3. The normalized spacial score (nSPS) is 17.6. The summed E-state index contributed by atoms with van der Waals surface area (Å²) in [7, 11) is -15.5. The van der Waals surface area contributed by atoms with Gasteiger partial charge in [-0.3, -0.25) is 0 Å². The van der Waals surface area contributed by atoms with Crippen LogP contribution in [-0.4, -0.2) is 138 Å². The van der Waals surface area contributed by atoms with Gasteiger partial charge < -0.3 is 49.5 Å². The number of nitrogens with two attached hydrogens (primary N) is 1. The predicted octanol–water partition coefficient (Wildman–Crippen LogP) is 17.3. The molecule has 9 rings (SSSR count). The van der Waals surface area contributed by atoms with Crippen molar-refractivity contribution in [3.8, 4) is 10.4 Å². The zero-order chi connectivity index (χ0) is 91.6.